The van der Waals surface area contributed by atoms with Crippen LogP contribution in [0.15, 0.2) is 4.79 Å². The van der Waals surface area contributed by atoms with E-state index in [0.717, 1.165) is 42.4 Å². The molecule has 0 fully saturated rings. The molecule has 0 bridgehead atoms. The SMILES string of the molecule is CCCN(Cc1nc2sc3c(c2c(=O)[nH]1)CCC3)CC(O)COC(C)(C)C. The topological polar surface area (TPSA) is 78.5 Å². The van der Waals surface area contributed by atoms with Crippen LogP contribution in [0.1, 0.15) is 56.8 Å². The van der Waals surface area contributed by atoms with Gasteiger partial charge >= 0.3 is 0 Å². The van der Waals surface area contributed by atoms with Crippen LogP contribution in [0.3, 0.4) is 0 Å². The van der Waals surface area contributed by atoms with Gasteiger partial charge in [0.15, 0.2) is 0 Å². The number of aromatic amines is 1. The predicted molar refractivity (Wildman–Crippen MR) is 110 cm³/mol. The van der Waals surface area contributed by atoms with Gasteiger partial charge in [-0.3, -0.25) is 9.69 Å². The third kappa shape index (κ3) is 5.16. The van der Waals surface area contributed by atoms with Crippen molar-refractivity contribution in [2.75, 3.05) is 19.7 Å². The number of aliphatic hydroxyl groups excluding tert-OH is 1. The Labute approximate surface area is 164 Å². The lowest BCUT2D eigenvalue weighted by atomic mass is 10.2. The Bertz CT molecular complexity index is 837. The van der Waals surface area contributed by atoms with E-state index in [-0.39, 0.29) is 11.2 Å². The van der Waals surface area contributed by atoms with Crippen molar-refractivity contribution in [2.45, 2.75) is 71.6 Å². The Morgan fingerprint density at radius 3 is 2.85 bits per heavy atom. The first-order valence-electron chi connectivity index (χ1n) is 9.84. The van der Waals surface area contributed by atoms with Gasteiger partial charge in [-0.15, -0.1) is 11.3 Å². The Hall–Kier alpha value is -1.28. The van der Waals surface area contributed by atoms with Crippen LogP contribution in [0.2, 0.25) is 0 Å². The molecule has 2 aromatic rings. The number of thiophene rings is 1. The molecule has 1 unspecified atom stereocenters. The highest BCUT2D eigenvalue weighted by molar-refractivity contribution is 7.18. The van der Waals surface area contributed by atoms with Gasteiger partial charge in [-0.25, -0.2) is 4.98 Å². The molecule has 2 heterocycles. The number of H-pyrrole nitrogens is 1. The zero-order chi connectivity index (χ0) is 19.6. The van der Waals surface area contributed by atoms with Gasteiger partial charge < -0.3 is 14.8 Å². The average Bonchev–Trinajstić information content (AvgIpc) is 3.12. The van der Waals surface area contributed by atoms with E-state index in [1.54, 1.807) is 11.3 Å². The van der Waals surface area contributed by atoms with Crippen molar-refractivity contribution in [1.82, 2.24) is 14.9 Å². The van der Waals surface area contributed by atoms with Gasteiger partial charge in [0.2, 0.25) is 0 Å². The summed E-state index contributed by atoms with van der Waals surface area (Å²) in [4.78, 5) is 24.6. The lowest BCUT2D eigenvalue weighted by Crippen LogP contribution is -2.37. The summed E-state index contributed by atoms with van der Waals surface area (Å²) in [5.41, 5.74) is 0.909. The van der Waals surface area contributed by atoms with Crippen molar-refractivity contribution in [2.24, 2.45) is 0 Å². The van der Waals surface area contributed by atoms with E-state index in [1.165, 1.54) is 10.4 Å². The zero-order valence-corrected chi connectivity index (χ0v) is 17.6. The third-order valence-electron chi connectivity index (χ3n) is 4.71. The number of fused-ring (bicyclic) bond motifs is 3. The fourth-order valence-electron chi connectivity index (χ4n) is 3.58. The smallest absolute Gasteiger partial charge is 0.259 e. The van der Waals surface area contributed by atoms with Gasteiger partial charge in [0, 0.05) is 11.4 Å². The second kappa shape index (κ2) is 8.39. The van der Waals surface area contributed by atoms with Crippen LogP contribution in [0.5, 0.6) is 0 Å². The molecule has 0 amide bonds. The van der Waals surface area contributed by atoms with Crippen LogP contribution < -0.4 is 5.56 Å². The van der Waals surface area contributed by atoms with Gasteiger partial charge in [-0.05, 0) is 58.6 Å². The zero-order valence-electron chi connectivity index (χ0n) is 16.8. The van der Waals surface area contributed by atoms with Gasteiger partial charge in [0.1, 0.15) is 10.7 Å². The number of nitrogens with one attached hydrogen (secondary N) is 1. The maximum atomic E-state index is 12.6. The fraction of sp³-hybridized carbons (Fsp3) is 0.700. The highest BCUT2D eigenvalue weighted by Gasteiger charge is 2.22. The summed E-state index contributed by atoms with van der Waals surface area (Å²) >= 11 is 1.66. The van der Waals surface area contributed by atoms with E-state index in [1.807, 2.05) is 20.8 Å². The van der Waals surface area contributed by atoms with Gasteiger partial charge in [0.05, 0.1) is 30.2 Å². The van der Waals surface area contributed by atoms with Crippen molar-refractivity contribution in [3.63, 3.8) is 0 Å². The number of rotatable bonds is 8. The van der Waals surface area contributed by atoms with Crippen LogP contribution >= 0.6 is 11.3 Å². The molecule has 150 valence electrons. The van der Waals surface area contributed by atoms with Crippen molar-refractivity contribution >= 4 is 21.6 Å². The molecule has 1 aliphatic carbocycles. The normalized spacial score (nSPS) is 15.6. The molecule has 0 saturated heterocycles. The molecule has 0 saturated carbocycles. The Balaban J connectivity index is 1.71. The van der Waals surface area contributed by atoms with E-state index in [4.69, 9.17) is 9.72 Å². The molecule has 2 aromatic heterocycles. The summed E-state index contributed by atoms with van der Waals surface area (Å²) in [5.74, 6) is 0.671. The molecule has 27 heavy (non-hydrogen) atoms. The Morgan fingerprint density at radius 1 is 1.37 bits per heavy atom. The maximum absolute atomic E-state index is 12.6. The summed E-state index contributed by atoms with van der Waals surface area (Å²) in [6, 6.07) is 0. The highest BCUT2D eigenvalue weighted by atomic mass is 32.1. The highest BCUT2D eigenvalue weighted by Crippen LogP contribution is 2.34. The Kier molecular flexibility index (Phi) is 6.35. The van der Waals surface area contributed by atoms with Crippen molar-refractivity contribution in [3.8, 4) is 0 Å². The van der Waals surface area contributed by atoms with Crippen LogP contribution in [-0.4, -0.2) is 51.4 Å². The summed E-state index contributed by atoms with van der Waals surface area (Å²) < 4.78 is 5.68. The van der Waals surface area contributed by atoms with E-state index >= 15 is 0 Å². The second-order valence-corrected chi connectivity index (χ2v) is 9.45. The summed E-state index contributed by atoms with van der Waals surface area (Å²) in [7, 11) is 0. The molecule has 0 aliphatic heterocycles. The molecule has 0 aromatic carbocycles. The van der Waals surface area contributed by atoms with E-state index in [2.05, 4.69) is 16.8 Å². The number of nitrogens with zero attached hydrogens (tertiary/aromatic N) is 2. The molecular formula is C20H31N3O3S. The predicted octanol–water partition coefficient (Wildman–Crippen LogP) is 2.86. The number of ether oxygens (including phenoxy) is 1. The summed E-state index contributed by atoms with van der Waals surface area (Å²) in [5, 5.41) is 11.1. The molecule has 0 spiro atoms. The van der Waals surface area contributed by atoms with Crippen molar-refractivity contribution in [1.29, 1.82) is 0 Å². The maximum Gasteiger partial charge on any atom is 0.259 e. The lowest BCUT2D eigenvalue weighted by molar-refractivity contribution is -0.0568. The monoisotopic (exact) mass is 393 g/mol. The number of aliphatic hydroxyl groups is 1. The van der Waals surface area contributed by atoms with Gasteiger partial charge in [0.25, 0.3) is 5.56 Å². The molecule has 1 atom stereocenters. The first-order valence-corrected chi connectivity index (χ1v) is 10.7. The molecule has 3 rings (SSSR count). The van der Waals surface area contributed by atoms with Gasteiger partial charge in [-0.1, -0.05) is 6.92 Å². The summed E-state index contributed by atoms with van der Waals surface area (Å²) in [6.45, 7) is 10.2. The number of aromatic nitrogens is 2. The largest absolute Gasteiger partial charge is 0.389 e. The lowest BCUT2D eigenvalue weighted by Gasteiger charge is -2.26. The molecule has 2 N–H and O–H groups in total. The minimum Gasteiger partial charge on any atom is -0.389 e. The second-order valence-electron chi connectivity index (χ2n) is 8.36. The van der Waals surface area contributed by atoms with Crippen LogP contribution in [0.25, 0.3) is 10.2 Å². The number of hydrogen-bond acceptors (Lipinski definition) is 6. The van der Waals surface area contributed by atoms with Gasteiger partial charge in [-0.2, -0.15) is 0 Å². The van der Waals surface area contributed by atoms with Crippen LogP contribution in [0, 0.1) is 0 Å². The first kappa shape index (κ1) is 20.5. The number of aryl methyl sites for hydroxylation is 2. The number of hydrogen-bond donors (Lipinski definition) is 2. The van der Waals surface area contributed by atoms with Crippen molar-refractivity contribution < 1.29 is 9.84 Å². The third-order valence-corrected chi connectivity index (χ3v) is 5.90. The Morgan fingerprint density at radius 2 is 2.15 bits per heavy atom. The molecule has 1 aliphatic rings. The minimum atomic E-state index is -0.572. The van der Waals surface area contributed by atoms with E-state index < -0.39 is 6.10 Å². The first-order chi connectivity index (χ1) is 12.8. The minimum absolute atomic E-state index is 0.0255. The molecule has 0 radical (unpaired) electrons. The average molecular weight is 394 g/mol. The molecule has 7 heteroatoms. The molecule has 6 nitrogen and oxygen atoms in total. The van der Waals surface area contributed by atoms with Crippen molar-refractivity contribution in [3.05, 3.63) is 26.6 Å². The van der Waals surface area contributed by atoms with Crippen LogP contribution in [0.4, 0.5) is 0 Å². The van der Waals surface area contributed by atoms with E-state index in [0.29, 0.717) is 25.5 Å². The van der Waals surface area contributed by atoms with Crippen LogP contribution in [-0.2, 0) is 24.1 Å². The molecular weight excluding hydrogens is 362 g/mol. The quantitative estimate of drug-likeness (QED) is 0.721. The standard InChI is InChI=1S/C20H31N3O3S/c1-5-9-23(10-13(24)12-26-20(2,3)4)11-16-21-18(25)17-14-7-6-8-15(14)27-19(17)22-16/h13,24H,5-12H2,1-4H3,(H,21,22,25). The van der Waals surface area contributed by atoms with E-state index in [9.17, 15) is 9.90 Å². The summed E-state index contributed by atoms with van der Waals surface area (Å²) in [6.07, 6.45) is 3.58. The fourth-order valence-corrected chi connectivity index (χ4v) is 4.86.